The number of aromatic nitrogens is 2. The number of carbonyl (C=O) groups is 1. The van der Waals surface area contributed by atoms with Gasteiger partial charge in [0.05, 0.1) is 16.2 Å². The lowest BCUT2D eigenvalue weighted by molar-refractivity contribution is -0.113. The van der Waals surface area contributed by atoms with E-state index in [-0.39, 0.29) is 28.0 Å². The number of hydrogen-bond donors (Lipinski definition) is 1. The van der Waals surface area contributed by atoms with Crippen molar-refractivity contribution in [2.75, 3.05) is 11.1 Å². The molecule has 0 saturated heterocycles. The number of anilines is 1. The van der Waals surface area contributed by atoms with Gasteiger partial charge in [0, 0.05) is 12.7 Å². The summed E-state index contributed by atoms with van der Waals surface area (Å²) in [6, 6.07) is 5.67. The predicted octanol–water partition coefficient (Wildman–Crippen LogP) is 3.98. The molecule has 0 aliphatic carbocycles. The minimum absolute atomic E-state index is 0.00403. The first-order valence-electron chi connectivity index (χ1n) is 7.46. The van der Waals surface area contributed by atoms with Gasteiger partial charge in [0.25, 0.3) is 5.56 Å². The second-order valence-electron chi connectivity index (χ2n) is 5.26. The van der Waals surface area contributed by atoms with Gasteiger partial charge >= 0.3 is 6.61 Å². The average Bonchev–Trinajstić information content (AvgIpc) is 3.07. The molecule has 0 unspecified atom stereocenters. The Morgan fingerprint density at radius 1 is 1.44 bits per heavy atom. The van der Waals surface area contributed by atoms with Crippen LogP contribution in [0.3, 0.4) is 0 Å². The molecule has 3 rings (SSSR count). The summed E-state index contributed by atoms with van der Waals surface area (Å²) in [6.45, 7) is -2.99. The molecule has 0 saturated carbocycles. The van der Waals surface area contributed by atoms with Crippen LogP contribution in [0.5, 0.6) is 5.75 Å². The van der Waals surface area contributed by atoms with Gasteiger partial charge in [-0.25, -0.2) is 4.98 Å². The molecule has 27 heavy (non-hydrogen) atoms. The Balaban J connectivity index is 1.66. The molecule has 1 amide bonds. The van der Waals surface area contributed by atoms with Crippen molar-refractivity contribution < 1.29 is 18.3 Å². The highest BCUT2D eigenvalue weighted by molar-refractivity contribution is 7.99. The minimum Gasteiger partial charge on any atom is -0.433 e. The van der Waals surface area contributed by atoms with E-state index in [4.69, 9.17) is 11.6 Å². The zero-order valence-corrected chi connectivity index (χ0v) is 16.1. The van der Waals surface area contributed by atoms with Crippen LogP contribution in [0.25, 0.3) is 10.2 Å². The van der Waals surface area contributed by atoms with Gasteiger partial charge in [0.2, 0.25) is 5.91 Å². The zero-order chi connectivity index (χ0) is 19.6. The van der Waals surface area contributed by atoms with Crippen LogP contribution in [0.15, 0.2) is 39.6 Å². The molecule has 6 nitrogen and oxygen atoms in total. The predicted molar refractivity (Wildman–Crippen MR) is 102 cm³/mol. The Morgan fingerprint density at radius 2 is 2.22 bits per heavy atom. The van der Waals surface area contributed by atoms with E-state index in [2.05, 4.69) is 15.0 Å². The fourth-order valence-corrected chi connectivity index (χ4v) is 4.01. The molecule has 142 valence electrons. The van der Waals surface area contributed by atoms with E-state index in [1.165, 1.54) is 34.1 Å². The summed E-state index contributed by atoms with van der Waals surface area (Å²) in [7, 11) is 1.59. The summed E-state index contributed by atoms with van der Waals surface area (Å²) in [6.07, 6.45) is 0. The summed E-state index contributed by atoms with van der Waals surface area (Å²) in [5, 5.41) is 5.29. The van der Waals surface area contributed by atoms with Crippen LogP contribution >= 0.6 is 34.7 Å². The van der Waals surface area contributed by atoms with Crippen LogP contribution in [0.1, 0.15) is 0 Å². The molecule has 0 fully saturated rings. The highest BCUT2D eigenvalue weighted by Crippen LogP contribution is 2.29. The number of nitrogens with one attached hydrogen (secondary N) is 1. The third kappa shape index (κ3) is 4.57. The second kappa shape index (κ2) is 8.24. The number of thiophene rings is 1. The van der Waals surface area contributed by atoms with Crippen LogP contribution in [0, 0.1) is 0 Å². The largest absolute Gasteiger partial charge is 0.433 e. The number of amides is 1. The first-order chi connectivity index (χ1) is 12.8. The smallest absolute Gasteiger partial charge is 0.387 e. The first-order valence-corrected chi connectivity index (χ1v) is 9.70. The summed E-state index contributed by atoms with van der Waals surface area (Å²) in [5.74, 6) is -0.536. The Kier molecular flexibility index (Phi) is 5.98. The highest BCUT2D eigenvalue weighted by Gasteiger charge is 2.13. The molecule has 1 aromatic carbocycles. The molecule has 2 aromatic heterocycles. The number of hydrogen-bond acceptors (Lipinski definition) is 6. The number of carbonyl (C=O) groups excluding carboxylic acids is 1. The van der Waals surface area contributed by atoms with Crippen LogP contribution in [-0.4, -0.2) is 27.8 Å². The van der Waals surface area contributed by atoms with Gasteiger partial charge in [-0.15, -0.1) is 11.3 Å². The van der Waals surface area contributed by atoms with Crippen LogP contribution < -0.4 is 15.6 Å². The number of thioether (sulfide) groups is 1. The molecule has 2 heterocycles. The fraction of sp³-hybridized carbons (Fsp3) is 0.188. The maximum Gasteiger partial charge on any atom is 0.387 e. The molecule has 11 heteroatoms. The molecule has 0 spiro atoms. The Hall–Kier alpha value is -2.17. The van der Waals surface area contributed by atoms with Crippen molar-refractivity contribution in [3.05, 3.63) is 45.0 Å². The molecule has 0 radical (unpaired) electrons. The van der Waals surface area contributed by atoms with Gasteiger partial charge in [0.15, 0.2) is 5.16 Å². The maximum absolute atomic E-state index is 12.2. The van der Waals surface area contributed by atoms with E-state index in [1.54, 1.807) is 18.5 Å². The monoisotopic (exact) mass is 431 g/mol. The number of fused-ring (bicyclic) bond motifs is 1. The van der Waals surface area contributed by atoms with Crippen molar-refractivity contribution in [3.63, 3.8) is 0 Å². The van der Waals surface area contributed by atoms with E-state index >= 15 is 0 Å². The SMILES string of the molecule is Cn1c(SCC(=O)Nc2ccc(OC(F)F)c(Cl)c2)nc2sccc2c1=O. The molecule has 0 aliphatic rings. The summed E-state index contributed by atoms with van der Waals surface area (Å²) >= 11 is 8.31. The van der Waals surface area contributed by atoms with Crippen LogP contribution in [0.2, 0.25) is 5.02 Å². The van der Waals surface area contributed by atoms with Gasteiger partial charge < -0.3 is 10.1 Å². The van der Waals surface area contributed by atoms with Crippen molar-refractivity contribution in [1.29, 1.82) is 0 Å². The number of nitrogens with zero attached hydrogens (tertiary/aromatic N) is 2. The maximum atomic E-state index is 12.2. The lowest BCUT2D eigenvalue weighted by atomic mass is 10.3. The van der Waals surface area contributed by atoms with Gasteiger partial charge in [-0.3, -0.25) is 14.2 Å². The quantitative estimate of drug-likeness (QED) is 0.472. The standard InChI is InChI=1S/C16H12ClF2N3O3S2/c1-22-14(24)9-4-5-26-13(9)21-16(22)27-7-12(23)20-8-2-3-11(10(17)6-8)25-15(18)19/h2-6,15H,7H2,1H3,(H,20,23). The van der Waals surface area contributed by atoms with Crippen molar-refractivity contribution in [2.24, 2.45) is 7.05 Å². The third-order valence-electron chi connectivity index (χ3n) is 3.43. The molecular weight excluding hydrogens is 420 g/mol. The third-order valence-corrected chi connectivity index (χ3v) is 5.56. The van der Waals surface area contributed by atoms with Crippen LogP contribution in [0.4, 0.5) is 14.5 Å². The molecule has 1 N–H and O–H groups in total. The molecule has 0 atom stereocenters. The summed E-state index contributed by atoms with van der Waals surface area (Å²) < 4.78 is 30.1. The van der Waals surface area contributed by atoms with E-state index in [0.717, 1.165) is 11.8 Å². The number of ether oxygens (including phenoxy) is 1. The van der Waals surface area contributed by atoms with Gasteiger partial charge in [0.1, 0.15) is 10.6 Å². The minimum atomic E-state index is -2.99. The van der Waals surface area contributed by atoms with E-state index < -0.39 is 6.61 Å². The Morgan fingerprint density at radius 3 is 2.93 bits per heavy atom. The Bertz CT molecular complexity index is 1060. The summed E-state index contributed by atoms with van der Waals surface area (Å²) in [4.78, 5) is 29.4. The topological polar surface area (TPSA) is 73.2 Å². The molecular formula is C16H12ClF2N3O3S2. The van der Waals surface area contributed by atoms with E-state index in [9.17, 15) is 18.4 Å². The van der Waals surface area contributed by atoms with Crippen molar-refractivity contribution in [3.8, 4) is 5.75 Å². The van der Waals surface area contributed by atoms with Gasteiger partial charge in [-0.05, 0) is 29.6 Å². The molecule has 0 aliphatic heterocycles. The number of halogens is 3. The Labute approximate surface area is 165 Å². The first kappa shape index (κ1) is 19.6. The second-order valence-corrected chi connectivity index (χ2v) is 7.50. The fourth-order valence-electron chi connectivity index (χ4n) is 2.21. The zero-order valence-electron chi connectivity index (χ0n) is 13.7. The lowest BCUT2D eigenvalue weighted by Gasteiger charge is -2.10. The van der Waals surface area contributed by atoms with Crippen molar-refractivity contribution in [1.82, 2.24) is 9.55 Å². The summed E-state index contributed by atoms with van der Waals surface area (Å²) in [5.41, 5.74) is 0.160. The van der Waals surface area contributed by atoms with E-state index in [1.807, 2.05) is 0 Å². The van der Waals surface area contributed by atoms with Gasteiger partial charge in [-0.1, -0.05) is 23.4 Å². The molecule has 0 bridgehead atoms. The van der Waals surface area contributed by atoms with Crippen molar-refractivity contribution >= 4 is 56.5 Å². The van der Waals surface area contributed by atoms with Crippen molar-refractivity contribution in [2.45, 2.75) is 11.8 Å². The number of benzene rings is 1. The number of rotatable bonds is 6. The van der Waals surface area contributed by atoms with E-state index in [0.29, 0.717) is 21.1 Å². The number of alkyl halides is 2. The average molecular weight is 432 g/mol. The highest BCUT2D eigenvalue weighted by atomic mass is 35.5. The molecule has 3 aromatic rings. The normalized spacial score (nSPS) is 11.1. The van der Waals surface area contributed by atoms with Crippen LogP contribution in [-0.2, 0) is 11.8 Å². The van der Waals surface area contributed by atoms with Gasteiger partial charge in [-0.2, -0.15) is 8.78 Å². The lowest BCUT2D eigenvalue weighted by Crippen LogP contribution is -2.20.